The van der Waals surface area contributed by atoms with E-state index < -0.39 is 62.1 Å². The van der Waals surface area contributed by atoms with Crippen LogP contribution in [0.2, 0.25) is 0 Å². The molecule has 10 nitrogen and oxygen atoms in total. The zero-order valence-electron chi connectivity index (χ0n) is 13.4. The molecular formula is C13H23O10P. The van der Waals surface area contributed by atoms with Gasteiger partial charge in [-0.1, -0.05) is 0 Å². The quantitative estimate of drug-likeness (QED) is 0.188. The molecule has 0 rings (SSSR count). The fraction of sp³-hybridized carbons (Fsp3) is 0.615. The molecule has 0 heterocycles. The Labute approximate surface area is 138 Å². The van der Waals surface area contributed by atoms with Crippen molar-refractivity contribution in [2.24, 2.45) is 0 Å². The second-order valence-corrected chi connectivity index (χ2v) is 6.91. The SMILES string of the molecule is C/C(O)=C(/O)COC(=O)CCC(O)CP(=O)(O)OC/C(O)=C(\C)O. The molecule has 0 aromatic rings. The van der Waals surface area contributed by atoms with E-state index in [1.54, 1.807) is 0 Å². The van der Waals surface area contributed by atoms with Gasteiger partial charge in [-0.15, -0.1) is 0 Å². The van der Waals surface area contributed by atoms with Gasteiger partial charge in [-0.2, -0.15) is 0 Å². The first-order chi connectivity index (χ1) is 10.9. The standard InChI is InChI=1S/C13H23O10P/c1-8(14)11(17)5-22-13(19)4-3-10(16)7-24(20,21)23-6-12(18)9(2)15/h10,14-18H,3-7H2,1-2H3,(H,20,21)/b11-8-,12-9-. The summed E-state index contributed by atoms with van der Waals surface area (Å²) in [5.41, 5.74) is 0. The molecule has 2 unspecified atom stereocenters. The summed E-state index contributed by atoms with van der Waals surface area (Å²) in [6.07, 6.45) is -2.52. The van der Waals surface area contributed by atoms with E-state index in [2.05, 4.69) is 9.26 Å². The highest BCUT2D eigenvalue weighted by atomic mass is 31.2. The van der Waals surface area contributed by atoms with Crippen molar-refractivity contribution in [2.75, 3.05) is 19.4 Å². The Morgan fingerprint density at radius 1 is 1.04 bits per heavy atom. The maximum absolute atomic E-state index is 11.7. The molecule has 24 heavy (non-hydrogen) atoms. The predicted octanol–water partition coefficient (Wildman–Crippen LogP) is 1.57. The van der Waals surface area contributed by atoms with Crippen molar-refractivity contribution in [3.05, 3.63) is 23.0 Å². The van der Waals surface area contributed by atoms with Crippen LogP contribution in [-0.4, -0.2) is 61.9 Å². The number of carbonyl (C=O) groups excluding carboxylic acids is 1. The highest BCUT2D eigenvalue weighted by Crippen LogP contribution is 2.43. The Bertz CT molecular complexity index is 531. The minimum absolute atomic E-state index is 0.198. The largest absolute Gasteiger partial charge is 0.509 e. The van der Waals surface area contributed by atoms with Crippen molar-refractivity contribution >= 4 is 13.6 Å². The van der Waals surface area contributed by atoms with Gasteiger partial charge in [0.05, 0.1) is 12.3 Å². The lowest BCUT2D eigenvalue weighted by molar-refractivity contribution is -0.144. The zero-order chi connectivity index (χ0) is 18.9. The number of esters is 1. The Morgan fingerprint density at radius 2 is 1.54 bits per heavy atom. The van der Waals surface area contributed by atoms with Gasteiger partial charge in [0.2, 0.25) is 0 Å². The van der Waals surface area contributed by atoms with Gasteiger partial charge < -0.3 is 39.7 Å². The first-order valence-corrected chi connectivity index (χ1v) is 8.66. The van der Waals surface area contributed by atoms with Gasteiger partial charge in [-0.3, -0.25) is 9.36 Å². The summed E-state index contributed by atoms with van der Waals surface area (Å²) in [7, 11) is -4.23. The van der Waals surface area contributed by atoms with E-state index in [-0.39, 0.29) is 12.8 Å². The molecule has 0 aliphatic heterocycles. The molecule has 0 saturated heterocycles. The van der Waals surface area contributed by atoms with Crippen LogP contribution in [0.15, 0.2) is 23.0 Å². The third-order valence-electron chi connectivity index (χ3n) is 2.73. The lowest BCUT2D eigenvalue weighted by Gasteiger charge is -2.16. The number of rotatable bonds is 10. The fourth-order valence-electron chi connectivity index (χ4n) is 1.29. The molecule has 0 fully saturated rings. The minimum atomic E-state index is -4.23. The number of ether oxygens (including phenoxy) is 1. The Balaban J connectivity index is 4.22. The molecule has 0 amide bonds. The first-order valence-electron chi connectivity index (χ1n) is 6.90. The van der Waals surface area contributed by atoms with Crippen molar-refractivity contribution in [2.45, 2.75) is 32.8 Å². The summed E-state index contributed by atoms with van der Waals surface area (Å²) in [4.78, 5) is 20.8. The molecule has 6 N–H and O–H groups in total. The maximum Gasteiger partial charge on any atom is 0.331 e. The van der Waals surface area contributed by atoms with E-state index >= 15 is 0 Å². The second-order valence-electron chi connectivity index (χ2n) is 5.01. The molecule has 140 valence electrons. The Morgan fingerprint density at radius 3 is 2.04 bits per heavy atom. The number of aliphatic hydroxyl groups excluding tert-OH is 5. The number of hydrogen-bond acceptors (Lipinski definition) is 9. The van der Waals surface area contributed by atoms with Crippen LogP contribution >= 0.6 is 7.60 Å². The lowest BCUT2D eigenvalue weighted by Crippen LogP contribution is -2.17. The molecule has 0 aliphatic carbocycles. The average molecular weight is 370 g/mol. The van der Waals surface area contributed by atoms with Crippen molar-refractivity contribution in [3.8, 4) is 0 Å². The van der Waals surface area contributed by atoms with Crippen molar-refractivity contribution < 1.29 is 49.0 Å². The van der Waals surface area contributed by atoms with Crippen LogP contribution in [0.3, 0.4) is 0 Å². The van der Waals surface area contributed by atoms with Crippen molar-refractivity contribution in [3.63, 3.8) is 0 Å². The molecule has 0 bridgehead atoms. The molecule has 11 heteroatoms. The van der Waals surface area contributed by atoms with Crippen LogP contribution in [0.1, 0.15) is 26.7 Å². The van der Waals surface area contributed by atoms with Gasteiger partial charge in [0, 0.05) is 6.42 Å². The summed E-state index contributed by atoms with van der Waals surface area (Å²) < 4.78 is 20.8. The molecule has 0 aromatic carbocycles. The zero-order valence-corrected chi connectivity index (χ0v) is 14.3. The third-order valence-corrected chi connectivity index (χ3v) is 4.15. The summed E-state index contributed by atoms with van der Waals surface area (Å²) in [6.45, 7) is 1.14. The molecule has 0 saturated carbocycles. The molecule has 0 spiro atoms. The molecule has 0 aromatic heterocycles. The second kappa shape index (κ2) is 10.2. The molecule has 2 atom stereocenters. The topological polar surface area (TPSA) is 174 Å². The summed E-state index contributed by atoms with van der Waals surface area (Å²) in [5, 5.41) is 45.7. The van der Waals surface area contributed by atoms with Crippen LogP contribution in [-0.2, 0) is 18.6 Å². The van der Waals surface area contributed by atoms with Gasteiger partial charge in [0.1, 0.15) is 18.1 Å². The van der Waals surface area contributed by atoms with E-state index in [0.717, 1.165) is 6.92 Å². The summed E-state index contributed by atoms with van der Waals surface area (Å²) in [6, 6.07) is 0. The molecule has 0 aliphatic rings. The normalized spacial score (nSPS) is 17.3. The number of aliphatic hydroxyl groups is 5. The van der Waals surface area contributed by atoms with E-state index in [0.29, 0.717) is 0 Å². The van der Waals surface area contributed by atoms with Crippen LogP contribution in [0.25, 0.3) is 0 Å². The average Bonchev–Trinajstić information content (AvgIpc) is 2.47. The van der Waals surface area contributed by atoms with Crippen LogP contribution < -0.4 is 0 Å². The molecular weight excluding hydrogens is 347 g/mol. The Kier molecular flexibility index (Phi) is 9.45. The summed E-state index contributed by atoms with van der Waals surface area (Å²) in [5.74, 6) is -2.77. The Hall–Kier alpha value is -1.74. The smallest absolute Gasteiger partial charge is 0.331 e. The highest BCUT2D eigenvalue weighted by Gasteiger charge is 2.25. The van der Waals surface area contributed by atoms with E-state index in [9.17, 15) is 19.4 Å². The monoisotopic (exact) mass is 370 g/mol. The predicted molar refractivity (Wildman–Crippen MR) is 82.8 cm³/mol. The van der Waals surface area contributed by atoms with Gasteiger partial charge in [-0.25, -0.2) is 0 Å². The highest BCUT2D eigenvalue weighted by molar-refractivity contribution is 7.52. The fourth-order valence-corrected chi connectivity index (χ4v) is 2.43. The maximum atomic E-state index is 11.7. The number of hydrogen-bond donors (Lipinski definition) is 6. The van der Waals surface area contributed by atoms with E-state index in [1.165, 1.54) is 6.92 Å². The van der Waals surface area contributed by atoms with Gasteiger partial charge in [0.25, 0.3) is 0 Å². The van der Waals surface area contributed by atoms with Crippen LogP contribution in [0, 0.1) is 0 Å². The lowest BCUT2D eigenvalue weighted by atomic mass is 10.2. The number of allylic oxidation sites excluding steroid dienone is 2. The van der Waals surface area contributed by atoms with Crippen LogP contribution in [0.5, 0.6) is 0 Å². The van der Waals surface area contributed by atoms with Gasteiger partial charge >= 0.3 is 13.6 Å². The molecule has 0 radical (unpaired) electrons. The third kappa shape index (κ3) is 10.1. The van der Waals surface area contributed by atoms with E-state index in [1.807, 2.05) is 0 Å². The van der Waals surface area contributed by atoms with E-state index in [4.69, 9.17) is 20.4 Å². The van der Waals surface area contributed by atoms with Gasteiger partial charge in [0.15, 0.2) is 18.1 Å². The minimum Gasteiger partial charge on any atom is -0.509 e. The van der Waals surface area contributed by atoms with Crippen molar-refractivity contribution in [1.29, 1.82) is 0 Å². The number of carbonyl (C=O) groups is 1. The van der Waals surface area contributed by atoms with Gasteiger partial charge in [-0.05, 0) is 20.3 Å². The van der Waals surface area contributed by atoms with Crippen molar-refractivity contribution in [1.82, 2.24) is 0 Å². The first kappa shape index (κ1) is 22.3. The summed E-state index contributed by atoms with van der Waals surface area (Å²) >= 11 is 0. The van der Waals surface area contributed by atoms with Crippen LogP contribution in [0.4, 0.5) is 0 Å².